The van der Waals surface area contributed by atoms with Gasteiger partial charge in [0, 0.05) is 5.92 Å². The van der Waals surface area contributed by atoms with Crippen molar-refractivity contribution in [3.63, 3.8) is 0 Å². The van der Waals surface area contributed by atoms with Crippen molar-refractivity contribution in [3.8, 4) is 5.69 Å². The molecule has 200 valence electrons. The van der Waals surface area contributed by atoms with Crippen molar-refractivity contribution in [2.45, 2.75) is 78.2 Å². The van der Waals surface area contributed by atoms with Gasteiger partial charge in [-0.05, 0) is 91.3 Å². The maximum Gasteiger partial charge on any atom is 0.223 e. The van der Waals surface area contributed by atoms with Gasteiger partial charge in [-0.1, -0.05) is 69.5 Å². The summed E-state index contributed by atoms with van der Waals surface area (Å²) in [5.41, 5.74) is 5.91. The van der Waals surface area contributed by atoms with Crippen LogP contribution in [-0.4, -0.2) is 15.7 Å². The number of benzene rings is 2. The van der Waals surface area contributed by atoms with E-state index < -0.39 is 0 Å². The third-order valence-electron chi connectivity index (χ3n) is 8.91. The largest absolute Gasteiger partial charge is 0.349 e. The van der Waals surface area contributed by atoms with Gasteiger partial charge in [-0.3, -0.25) is 4.79 Å². The first kappa shape index (κ1) is 26.4. The molecule has 5 rings (SSSR count). The Kier molecular flexibility index (Phi) is 7.83. The highest BCUT2D eigenvalue weighted by molar-refractivity contribution is 5.79. The molecule has 2 aliphatic rings. The monoisotopic (exact) mass is 513 g/mol. The summed E-state index contributed by atoms with van der Waals surface area (Å²) in [5, 5.41) is 8.16. The molecule has 3 atom stereocenters. The van der Waals surface area contributed by atoms with Gasteiger partial charge in [-0.15, -0.1) is 0 Å². The molecule has 1 amide bonds. The van der Waals surface area contributed by atoms with E-state index in [1.54, 1.807) is 12.1 Å². The number of carbonyl (C=O) groups excluding carboxylic acids is 1. The van der Waals surface area contributed by atoms with Crippen molar-refractivity contribution in [1.29, 1.82) is 0 Å². The molecular weight excluding hydrogens is 473 g/mol. The van der Waals surface area contributed by atoms with Gasteiger partial charge in [-0.25, -0.2) is 9.07 Å². The van der Waals surface area contributed by atoms with Gasteiger partial charge >= 0.3 is 0 Å². The van der Waals surface area contributed by atoms with E-state index in [2.05, 4.69) is 61.5 Å². The van der Waals surface area contributed by atoms with Crippen molar-refractivity contribution in [1.82, 2.24) is 15.1 Å². The molecule has 1 heterocycles. The Morgan fingerprint density at radius 1 is 1.11 bits per heavy atom. The lowest BCUT2D eigenvalue weighted by Gasteiger charge is -2.38. The number of nitrogens with one attached hydrogen (secondary N) is 1. The third kappa shape index (κ3) is 5.21. The summed E-state index contributed by atoms with van der Waals surface area (Å²) in [6.45, 7) is 6.72. The van der Waals surface area contributed by atoms with Crippen LogP contribution in [0.4, 0.5) is 4.39 Å². The molecule has 0 aliphatic heterocycles. The zero-order valence-electron chi connectivity index (χ0n) is 22.9. The Bertz CT molecular complexity index is 1270. The summed E-state index contributed by atoms with van der Waals surface area (Å²) in [6.07, 6.45) is 12.3. The van der Waals surface area contributed by atoms with Crippen molar-refractivity contribution >= 4 is 12.0 Å². The van der Waals surface area contributed by atoms with Crippen LogP contribution in [0.15, 0.2) is 66.4 Å². The molecule has 1 N–H and O–H groups in total. The van der Waals surface area contributed by atoms with Crippen LogP contribution in [0, 0.1) is 23.1 Å². The van der Waals surface area contributed by atoms with Crippen LogP contribution in [0.3, 0.4) is 0 Å². The lowest BCUT2D eigenvalue weighted by molar-refractivity contribution is -0.126. The Hall–Kier alpha value is -3.21. The van der Waals surface area contributed by atoms with Crippen LogP contribution < -0.4 is 5.32 Å². The second-order valence-electron chi connectivity index (χ2n) is 11.4. The Morgan fingerprint density at radius 3 is 2.50 bits per heavy atom. The van der Waals surface area contributed by atoms with Gasteiger partial charge in [0.2, 0.25) is 5.91 Å². The van der Waals surface area contributed by atoms with Crippen LogP contribution in [0.25, 0.3) is 11.8 Å². The van der Waals surface area contributed by atoms with Crippen LogP contribution in [-0.2, 0) is 11.2 Å². The Balaban J connectivity index is 1.39. The van der Waals surface area contributed by atoms with Gasteiger partial charge in [0.1, 0.15) is 5.82 Å². The van der Waals surface area contributed by atoms with Gasteiger partial charge < -0.3 is 5.32 Å². The number of carbonyl (C=O) groups is 1. The minimum Gasteiger partial charge on any atom is -0.349 e. The normalized spacial score (nSPS) is 21.1. The molecule has 2 aliphatic carbocycles. The summed E-state index contributed by atoms with van der Waals surface area (Å²) in [6, 6.07) is 17.0. The summed E-state index contributed by atoms with van der Waals surface area (Å²) >= 11 is 0. The summed E-state index contributed by atoms with van der Waals surface area (Å²) in [5.74, 6) is 0.501. The molecule has 2 aromatic carbocycles. The quantitative estimate of drug-likeness (QED) is 0.300. The molecule has 4 nitrogen and oxygen atoms in total. The van der Waals surface area contributed by atoms with E-state index in [4.69, 9.17) is 0 Å². The van der Waals surface area contributed by atoms with E-state index in [9.17, 15) is 9.18 Å². The fourth-order valence-electron chi connectivity index (χ4n) is 6.74. The molecule has 1 fully saturated rings. The van der Waals surface area contributed by atoms with Crippen LogP contribution >= 0.6 is 0 Å². The molecule has 1 saturated carbocycles. The highest BCUT2D eigenvalue weighted by Crippen LogP contribution is 2.55. The lowest BCUT2D eigenvalue weighted by Crippen LogP contribution is -2.37. The molecule has 1 aromatic heterocycles. The van der Waals surface area contributed by atoms with Crippen LogP contribution in [0.5, 0.6) is 0 Å². The van der Waals surface area contributed by atoms with E-state index in [1.807, 2.05) is 16.9 Å². The number of rotatable bonds is 10. The second-order valence-corrected chi connectivity index (χ2v) is 11.4. The van der Waals surface area contributed by atoms with E-state index in [0.29, 0.717) is 5.92 Å². The predicted octanol–water partition coefficient (Wildman–Crippen LogP) is 7.83. The highest BCUT2D eigenvalue weighted by atomic mass is 19.1. The van der Waals surface area contributed by atoms with E-state index in [1.165, 1.54) is 28.8 Å². The second kappa shape index (κ2) is 11.3. The summed E-state index contributed by atoms with van der Waals surface area (Å²) < 4.78 is 15.4. The standard InChI is InChI=1S/C33H40FN3O/c1-4-9-24(10-5-2)32(38)36-30(23-11-7-6-8-12-23)19-26-13-14-27-20-31-25(21-33(26,27)3)22-35-37(31)29-17-15-28(34)16-18-29/h6-8,11-12,15-18,20,22,24,26,30H,4-5,9-10,13-14,19,21H2,1-3H3,(H,36,38)/t26-,30?,33-/m1/s1. The predicted molar refractivity (Wildman–Crippen MR) is 151 cm³/mol. The molecular formula is C33H40FN3O. The van der Waals surface area contributed by atoms with Gasteiger partial charge in [0.05, 0.1) is 23.6 Å². The zero-order chi connectivity index (χ0) is 26.7. The van der Waals surface area contributed by atoms with Crippen molar-refractivity contribution in [3.05, 3.63) is 89.0 Å². The fourth-order valence-corrected chi connectivity index (χ4v) is 6.74. The number of aromatic nitrogens is 2. The smallest absolute Gasteiger partial charge is 0.223 e. The lowest BCUT2D eigenvalue weighted by atomic mass is 9.68. The number of hydrogen-bond donors (Lipinski definition) is 1. The minimum absolute atomic E-state index is 0.00410. The molecule has 0 saturated heterocycles. The van der Waals surface area contributed by atoms with Crippen LogP contribution in [0.1, 0.15) is 88.6 Å². The number of fused-ring (bicyclic) bond motifs is 2. The molecule has 5 heteroatoms. The highest BCUT2D eigenvalue weighted by Gasteiger charge is 2.46. The Morgan fingerprint density at radius 2 is 1.82 bits per heavy atom. The zero-order valence-corrected chi connectivity index (χ0v) is 22.9. The van der Waals surface area contributed by atoms with E-state index in [-0.39, 0.29) is 29.1 Å². The summed E-state index contributed by atoms with van der Waals surface area (Å²) in [4.78, 5) is 13.4. The number of halogens is 1. The Labute approximate surface area is 226 Å². The SMILES string of the molecule is CCCC(CCC)C(=O)NC(C[C@H]1CCC2=Cc3c(cnn3-c3ccc(F)cc3)C[C@@]21C)c1ccccc1. The summed E-state index contributed by atoms with van der Waals surface area (Å²) in [7, 11) is 0. The van der Waals surface area contributed by atoms with E-state index >= 15 is 0 Å². The molecule has 38 heavy (non-hydrogen) atoms. The van der Waals surface area contributed by atoms with Gasteiger partial charge in [-0.2, -0.15) is 5.10 Å². The number of amides is 1. The first-order valence-electron chi connectivity index (χ1n) is 14.3. The molecule has 1 unspecified atom stereocenters. The minimum atomic E-state index is -0.241. The van der Waals surface area contributed by atoms with Crippen molar-refractivity contribution in [2.75, 3.05) is 0 Å². The number of allylic oxidation sites excluding steroid dienone is 1. The van der Waals surface area contributed by atoms with Gasteiger partial charge in [0.25, 0.3) is 0 Å². The van der Waals surface area contributed by atoms with Gasteiger partial charge in [0.15, 0.2) is 0 Å². The average Bonchev–Trinajstić information content (AvgIpc) is 3.47. The number of hydrogen-bond acceptors (Lipinski definition) is 2. The molecule has 0 radical (unpaired) electrons. The molecule has 3 aromatic rings. The van der Waals surface area contributed by atoms with Crippen LogP contribution in [0.2, 0.25) is 0 Å². The molecule has 0 spiro atoms. The molecule has 0 bridgehead atoms. The topological polar surface area (TPSA) is 46.9 Å². The van der Waals surface area contributed by atoms with Crippen molar-refractivity contribution in [2.24, 2.45) is 17.3 Å². The van der Waals surface area contributed by atoms with E-state index in [0.717, 1.165) is 62.7 Å². The van der Waals surface area contributed by atoms with Crippen molar-refractivity contribution < 1.29 is 9.18 Å². The fraction of sp³-hybridized carbons (Fsp3) is 0.455. The maximum absolute atomic E-state index is 13.5. The first-order chi connectivity index (χ1) is 18.4. The maximum atomic E-state index is 13.5. The third-order valence-corrected chi connectivity index (χ3v) is 8.91. The number of nitrogens with zero attached hydrogens (tertiary/aromatic N) is 2. The average molecular weight is 514 g/mol. The first-order valence-corrected chi connectivity index (χ1v) is 14.3.